The lowest BCUT2D eigenvalue weighted by Gasteiger charge is -2.05. The highest BCUT2D eigenvalue weighted by molar-refractivity contribution is 5.70. The molecule has 0 atom stereocenters. The zero-order valence-corrected chi connectivity index (χ0v) is 10.9. The van der Waals surface area contributed by atoms with Crippen molar-refractivity contribution in [2.24, 2.45) is 0 Å². The molecule has 0 aliphatic carbocycles. The Bertz CT molecular complexity index is 628. The summed E-state index contributed by atoms with van der Waals surface area (Å²) in [6, 6.07) is 25.3. The van der Waals surface area contributed by atoms with E-state index < -0.39 is 0 Å². The van der Waals surface area contributed by atoms with E-state index in [0.717, 1.165) is 5.56 Å². The first-order valence-corrected chi connectivity index (χ1v) is 6.46. The molecule has 0 saturated heterocycles. The number of hydrogen-bond donors (Lipinski definition) is 0. The van der Waals surface area contributed by atoms with Gasteiger partial charge in [0.1, 0.15) is 0 Å². The van der Waals surface area contributed by atoms with Crippen LogP contribution in [0.25, 0.3) is 22.3 Å². The highest BCUT2D eigenvalue weighted by Crippen LogP contribution is 2.24. The summed E-state index contributed by atoms with van der Waals surface area (Å²) < 4.78 is 7.52. The molecule has 0 saturated carbocycles. The number of rotatable bonds is 2. The van der Waals surface area contributed by atoms with Crippen molar-refractivity contribution in [3.63, 3.8) is 0 Å². The maximum Gasteiger partial charge on any atom is 0.0623 e. The summed E-state index contributed by atoms with van der Waals surface area (Å²) in [5.74, 6) is 0. The van der Waals surface area contributed by atoms with Gasteiger partial charge in [-0.3, -0.25) is 0 Å². The van der Waals surface area contributed by atoms with Crippen LogP contribution in [-0.2, 0) is 0 Å². The fourth-order valence-electron chi connectivity index (χ4n) is 2.18. The minimum Gasteiger partial charge on any atom is -0.0622 e. The molecule has 0 aliphatic rings. The van der Waals surface area contributed by atoms with Crippen molar-refractivity contribution in [3.8, 4) is 22.3 Å². The van der Waals surface area contributed by atoms with Crippen molar-refractivity contribution in [2.45, 2.75) is 6.92 Å². The molecule has 19 heavy (non-hydrogen) atoms. The zero-order valence-electron chi connectivity index (χ0n) is 11.9. The third-order valence-electron chi connectivity index (χ3n) is 3.32. The molecule has 0 fully saturated rings. The Balaban J connectivity index is 1.91. The molecule has 0 N–H and O–H groups in total. The van der Waals surface area contributed by atoms with E-state index in [2.05, 4.69) is 55.5 Å². The summed E-state index contributed by atoms with van der Waals surface area (Å²) >= 11 is 0. The maximum absolute atomic E-state index is 7.52. The van der Waals surface area contributed by atoms with Gasteiger partial charge < -0.3 is 0 Å². The molecular weight excluding hydrogens is 228 g/mol. The van der Waals surface area contributed by atoms with Crippen LogP contribution in [0.15, 0.2) is 78.8 Å². The molecule has 0 heteroatoms. The van der Waals surface area contributed by atoms with Crippen molar-refractivity contribution in [2.75, 3.05) is 0 Å². The number of hydrogen-bond acceptors (Lipinski definition) is 0. The van der Waals surface area contributed by atoms with Crippen LogP contribution in [0.3, 0.4) is 0 Å². The number of benzene rings is 3. The van der Waals surface area contributed by atoms with Crippen LogP contribution in [0.1, 0.15) is 6.93 Å². The molecule has 0 radical (unpaired) electrons. The average molecular weight is 245 g/mol. The standard InChI is InChI=1S/C19H16/c1-15-7-9-17(10-8-15)19-13-11-18(12-14-19)16-5-3-2-4-6-16/h2-14H,1H3/i2D. The summed E-state index contributed by atoms with van der Waals surface area (Å²) in [4.78, 5) is 0. The first-order chi connectivity index (χ1) is 9.72. The summed E-state index contributed by atoms with van der Waals surface area (Å²) in [5.41, 5.74) is 6.08. The number of aryl methyl sites for hydroxylation is 1. The Hall–Kier alpha value is -2.34. The van der Waals surface area contributed by atoms with E-state index in [4.69, 9.17) is 1.37 Å². The second kappa shape index (κ2) is 5.11. The van der Waals surface area contributed by atoms with E-state index in [1.54, 1.807) is 0 Å². The Labute approximate surface area is 115 Å². The van der Waals surface area contributed by atoms with Gasteiger partial charge in [-0.05, 0) is 29.2 Å². The summed E-state index contributed by atoms with van der Waals surface area (Å²) in [5, 5.41) is 0. The van der Waals surface area contributed by atoms with E-state index in [-0.39, 0.29) is 0 Å². The third kappa shape index (κ3) is 2.58. The monoisotopic (exact) mass is 245 g/mol. The minimum absolute atomic E-state index is 0.546. The second-order valence-corrected chi connectivity index (χ2v) is 4.73. The van der Waals surface area contributed by atoms with Crippen molar-refractivity contribution < 1.29 is 1.37 Å². The third-order valence-corrected chi connectivity index (χ3v) is 3.32. The van der Waals surface area contributed by atoms with Crippen molar-refractivity contribution in [1.29, 1.82) is 0 Å². The molecule has 3 aromatic rings. The topological polar surface area (TPSA) is 0 Å². The van der Waals surface area contributed by atoms with Gasteiger partial charge in [-0.1, -0.05) is 84.4 Å². The molecule has 0 nitrogen and oxygen atoms in total. The first kappa shape index (κ1) is 10.6. The molecule has 0 heterocycles. The Morgan fingerprint density at radius 2 is 0.947 bits per heavy atom. The van der Waals surface area contributed by atoms with Gasteiger partial charge in [0.25, 0.3) is 0 Å². The molecule has 3 aromatic carbocycles. The fourth-order valence-corrected chi connectivity index (χ4v) is 2.18. The SMILES string of the molecule is [2H]c1ccc(-c2ccc(-c3ccc(C)cc3)cc2)cc1. The van der Waals surface area contributed by atoms with Crippen LogP contribution in [0.2, 0.25) is 0 Å². The lowest BCUT2D eigenvalue weighted by Crippen LogP contribution is -1.80. The van der Waals surface area contributed by atoms with Gasteiger partial charge in [-0.25, -0.2) is 0 Å². The van der Waals surface area contributed by atoms with Gasteiger partial charge in [0.15, 0.2) is 0 Å². The van der Waals surface area contributed by atoms with Gasteiger partial charge in [0.2, 0.25) is 0 Å². The van der Waals surface area contributed by atoms with Crippen LogP contribution in [0.5, 0.6) is 0 Å². The molecule has 0 unspecified atom stereocenters. The molecule has 0 aromatic heterocycles. The average Bonchev–Trinajstić information content (AvgIpc) is 2.49. The van der Waals surface area contributed by atoms with Gasteiger partial charge >= 0.3 is 0 Å². The smallest absolute Gasteiger partial charge is 0.0622 e. The fraction of sp³-hybridized carbons (Fsp3) is 0.0526. The predicted octanol–water partition coefficient (Wildman–Crippen LogP) is 5.33. The van der Waals surface area contributed by atoms with Crippen LogP contribution in [0.4, 0.5) is 0 Å². The maximum atomic E-state index is 7.52. The molecular formula is C19H16. The molecule has 0 bridgehead atoms. The molecule has 0 aliphatic heterocycles. The molecule has 92 valence electrons. The van der Waals surface area contributed by atoms with Crippen LogP contribution in [-0.4, -0.2) is 0 Å². The zero-order chi connectivity index (χ0) is 13.9. The highest BCUT2D eigenvalue weighted by atomic mass is 14.0. The first-order valence-electron chi connectivity index (χ1n) is 6.96. The van der Waals surface area contributed by atoms with Gasteiger partial charge in [0.05, 0.1) is 1.37 Å². The second-order valence-electron chi connectivity index (χ2n) is 4.73. The van der Waals surface area contributed by atoms with Crippen LogP contribution < -0.4 is 0 Å². The van der Waals surface area contributed by atoms with E-state index in [1.807, 2.05) is 24.3 Å². The largest absolute Gasteiger partial charge is 0.0623 e. The Kier molecular flexibility index (Phi) is 2.84. The summed E-state index contributed by atoms with van der Waals surface area (Å²) in [6.07, 6.45) is 0. The quantitative estimate of drug-likeness (QED) is 0.572. The van der Waals surface area contributed by atoms with Crippen molar-refractivity contribution in [3.05, 3.63) is 84.4 Å². The van der Waals surface area contributed by atoms with Crippen molar-refractivity contribution in [1.82, 2.24) is 0 Å². The molecule has 0 spiro atoms. The van der Waals surface area contributed by atoms with Gasteiger partial charge in [0, 0.05) is 0 Å². The van der Waals surface area contributed by atoms with Crippen LogP contribution in [0, 0.1) is 6.92 Å². The molecule has 0 amide bonds. The lowest BCUT2D eigenvalue weighted by molar-refractivity contribution is 1.47. The Morgan fingerprint density at radius 3 is 1.42 bits per heavy atom. The normalized spacial score (nSPS) is 11.1. The van der Waals surface area contributed by atoms with E-state index >= 15 is 0 Å². The Morgan fingerprint density at radius 1 is 0.579 bits per heavy atom. The highest BCUT2D eigenvalue weighted by Gasteiger charge is 1.99. The minimum atomic E-state index is 0.546. The molecule has 3 rings (SSSR count). The van der Waals surface area contributed by atoms with Crippen molar-refractivity contribution >= 4 is 0 Å². The summed E-state index contributed by atoms with van der Waals surface area (Å²) in [6.45, 7) is 2.10. The van der Waals surface area contributed by atoms with Gasteiger partial charge in [-0.15, -0.1) is 0 Å². The van der Waals surface area contributed by atoms with E-state index in [9.17, 15) is 0 Å². The lowest BCUT2D eigenvalue weighted by atomic mass is 10.00. The van der Waals surface area contributed by atoms with E-state index in [1.165, 1.54) is 22.3 Å². The van der Waals surface area contributed by atoms with E-state index in [0.29, 0.717) is 6.04 Å². The summed E-state index contributed by atoms with van der Waals surface area (Å²) in [7, 11) is 0. The van der Waals surface area contributed by atoms with Gasteiger partial charge in [-0.2, -0.15) is 0 Å². The van der Waals surface area contributed by atoms with Crippen LogP contribution >= 0.6 is 0 Å². The predicted molar refractivity (Wildman–Crippen MR) is 82.1 cm³/mol.